The van der Waals surface area contributed by atoms with Gasteiger partial charge in [-0.25, -0.2) is 0 Å². The summed E-state index contributed by atoms with van der Waals surface area (Å²) in [5.41, 5.74) is 4.69. The molecular formula is C48H59N5O7Si. The topological polar surface area (TPSA) is 136 Å². The predicted octanol–water partition coefficient (Wildman–Crippen LogP) is 7.38. The number of carbonyl (C=O) groups is 3. The van der Waals surface area contributed by atoms with Crippen molar-refractivity contribution in [3.8, 4) is 5.75 Å². The Labute approximate surface area is 360 Å². The first-order valence-corrected chi connectivity index (χ1v) is 24.4. The third kappa shape index (κ3) is 8.47. The van der Waals surface area contributed by atoms with Crippen molar-refractivity contribution in [1.82, 2.24) is 15.0 Å². The van der Waals surface area contributed by atoms with Crippen LogP contribution >= 0.6 is 0 Å². The molecule has 1 spiro atoms. The molecule has 1 N–H and O–H groups in total. The van der Waals surface area contributed by atoms with E-state index in [0.29, 0.717) is 36.5 Å². The van der Waals surface area contributed by atoms with E-state index < -0.39 is 25.9 Å². The van der Waals surface area contributed by atoms with E-state index >= 15 is 4.79 Å². The van der Waals surface area contributed by atoms with E-state index in [1.165, 1.54) is 28.2 Å². The van der Waals surface area contributed by atoms with Gasteiger partial charge in [-0.05, 0) is 81.5 Å². The van der Waals surface area contributed by atoms with Crippen LogP contribution in [0.5, 0.6) is 5.75 Å². The fourth-order valence-corrected chi connectivity index (χ4v) is 13.8. The summed E-state index contributed by atoms with van der Waals surface area (Å²) in [5.74, 6) is -0.583. The van der Waals surface area contributed by atoms with Gasteiger partial charge in [-0.1, -0.05) is 96.2 Å². The highest BCUT2D eigenvalue weighted by atomic mass is 28.3. The van der Waals surface area contributed by atoms with Crippen LogP contribution in [0, 0.1) is 5.92 Å². The molecule has 2 saturated heterocycles. The van der Waals surface area contributed by atoms with Crippen LogP contribution < -0.4 is 19.7 Å². The molecule has 322 valence electrons. The zero-order chi connectivity index (χ0) is 43.6. The number of benzene rings is 3. The lowest BCUT2D eigenvalue weighted by Crippen LogP contribution is -2.55. The summed E-state index contributed by atoms with van der Waals surface area (Å²) in [5, 5.41) is 20.6. The normalized spacial score (nSPS) is 22.9. The molecule has 3 aliphatic heterocycles. The van der Waals surface area contributed by atoms with Crippen molar-refractivity contribution in [2.75, 3.05) is 30.1 Å². The van der Waals surface area contributed by atoms with Gasteiger partial charge in [0.2, 0.25) is 5.91 Å². The van der Waals surface area contributed by atoms with Crippen LogP contribution in [-0.4, -0.2) is 78.6 Å². The van der Waals surface area contributed by atoms with Gasteiger partial charge in [0, 0.05) is 43.4 Å². The molecule has 4 aromatic rings. The number of methoxy groups -OCH3 is 1. The van der Waals surface area contributed by atoms with Crippen LogP contribution in [0.25, 0.3) is 0 Å². The Balaban J connectivity index is 1.29. The second-order valence-corrected chi connectivity index (χ2v) is 22.2. The maximum atomic E-state index is 15.5. The van der Waals surface area contributed by atoms with E-state index in [1.807, 2.05) is 71.8 Å². The van der Waals surface area contributed by atoms with E-state index in [2.05, 4.69) is 75.4 Å². The van der Waals surface area contributed by atoms with E-state index in [9.17, 15) is 14.7 Å². The summed E-state index contributed by atoms with van der Waals surface area (Å²) < 4.78 is 20.3. The van der Waals surface area contributed by atoms with E-state index in [0.717, 1.165) is 29.8 Å². The number of aromatic nitrogens is 3. The first-order valence-electron chi connectivity index (χ1n) is 21.3. The molecule has 61 heavy (non-hydrogen) atoms. The molecule has 3 aromatic carbocycles. The minimum Gasteiger partial charge on any atom is -0.497 e. The fourth-order valence-electron chi connectivity index (χ4n) is 9.72. The van der Waals surface area contributed by atoms with Crippen LogP contribution in [0.3, 0.4) is 0 Å². The molecule has 4 heterocycles. The number of ether oxygens (including phenoxy) is 3. The third-order valence-corrected chi connectivity index (χ3v) is 17.3. The average molecular weight is 846 g/mol. The number of esters is 1. The second kappa shape index (κ2) is 17.9. The van der Waals surface area contributed by atoms with Crippen molar-refractivity contribution in [2.45, 2.75) is 109 Å². The predicted molar refractivity (Wildman–Crippen MR) is 238 cm³/mol. The van der Waals surface area contributed by atoms with E-state index in [1.54, 1.807) is 11.8 Å². The zero-order valence-corrected chi connectivity index (χ0v) is 37.6. The minimum absolute atomic E-state index is 0.0420. The average Bonchev–Trinajstić information content (AvgIpc) is 3.89. The zero-order valence-electron chi connectivity index (χ0n) is 36.6. The van der Waals surface area contributed by atoms with Crippen LogP contribution in [0.2, 0.25) is 18.6 Å². The number of fused-ring (bicyclic) bond motifs is 2. The molecule has 0 radical (unpaired) electrons. The smallest absolute Gasteiger partial charge is 0.304 e. The Morgan fingerprint density at radius 2 is 1.77 bits per heavy atom. The summed E-state index contributed by atoms with van der Waals surface area (Å²) in [4.78, 5) is 43.9. The first-order chi connectivity index (χ1) is 29.2. The monoisotopic (exact) mass is 845 g/mol. The number of β-lactam (4-membered cyclic amide) rings is 1. The molecule has 2 amide bonds. The standard InChI is InChI=1S/C48H59N5O7Si/c1-31(2)13-12-14-32(3)23-26-52-42-22-17-36(53-44(56)28-45(53)59-34(5)55)27-40(42)48(47(52)57)33(4)46(61(7,8)38-20-18-37(58-6)19-21-38)43(60-48)24-25-51-29-41(49-50-51)39(30-54)35-15-10-9-11-16-35/h9-11,13,15-23,27,29,33,39,43,45-46,54H,12,14,24-26,28,30H2,1-8H3/b32-23+/t33-,39?,43+,45?,46-,48+/m1/s1. The van der Waals surface area contributed by atoms with Crippen molar-refractivity contribution < 1.29 is 33.7 Å². The lowest BCUT2D eigenvalue weighted by Gasteiger charge is -2.39. The highest BCUT2D eigenvalue weighted by Gasteiger charge is 2.66. The number of rotatable bonds is 16. The SMILES string of the molecule is COc1ccc([Si](C)(C)[C@H]2[C@H](CCn3cc(C(CO)c4ccccc4)nn3)O[C@@]3(C(=O)N(C/C=C(\C)CCC=C(C)C)c4ccc(N5C(=O)CC5OC(C)=O)cc43)[C@@H]2C)cc1. The van der Waals surface area contributed by atoms with Crippen LogP contribution in [0.1, 0.15) is 83.0 Å². The number of anilines is 2. The maximum absolute atomic E-state index is 15.5. The molecule has 3 aliphatic rings. The molecule has 7 rings (SSSR count). The van der Waals surface area contributed by atoms with Crippen molar-refractivity contribution in [2.24, 2.45) is 5.92 Å². The fraction of sp³-hybridized carbons (Fsp3) is 0.438. The van der Waals surface area contributed by atoms with E-state index in [4.69, 9.17) is 14.2 Å². The summed E-state index contributed by atoms with van der Waals surface area (Å²) in [7, 11) is -0.816. The highest BCUT2D eigenvalue weighted by molar-refractivity contribution is 6.91. The quantitative estimate of drug-likeness (QED) is 0.0531. The largest absolute Gasteiger partial charge is 0.497 e. The van der Waals surface area contributed by atoms with Gasteiger partial charge in [0.25, 0.3) is 5.91 Å². The lowest BCUT2D eigenvalue weighted by molar-refractivity contribution is -0.153. The molecule has 1 aromatic heterocycles. The van der Waals surface area contributed by atoms with Crippen LogP contribution in [0.15, 0.2) is 102 Å². The molecule has 2 fully saturated rings. The molecular weight excluding hydrogens is 787 g/mol. The van der Waals surface area contributed by atoms with Gasteiger partial charge in [-0.3, -0.25) is 24.0 Å². The number of carbonyl (C=O) groups excluding carboxylic acids is 3. The Bertz CT molecular complexity index is 2300. The van der Waals surface area contributed by atoms with Gasteiger partial charge in [-0.15, -0.1) is 5.10 Å². The Morgan fingerprint density at radius 3 is 2.43 bits per heavy atom. The van der Waals surface area contributed by atoms with Crippen molar-refractivity contribution in [1.29, 1.82) is 0 Å². The number of aliphatic hydroxyl groups excluding tert-OH is 1. The Hall–Kier alpha value is -5.37. The van der Waals surface area contributed by atoms with Gasteiger partial charge in [0.1, 0.15) is 5.75 Å². The first kappa shape index (κ1) is 43.7. The number of allylic oxidation sites excluding steroid dienone is 3. The van der Waals surface area contributed by atoms with Crippen LogP contribution in [-0.2, 0) is 36.0 Å². The number of aliphatic hydroxyl groups is 1. The van der Waals surface area contributed by atoms with Gasteiger partial charge in [-0.2, -0.15) is 0 Å². The number of hydrogen-bond acceptors (Lipinski definition) is 9. The summed E-state index contributed by atoms with van der Waals surface area (Å²) in [6.07, 6.45) is 7.60. The van der Waals surface area contributed by atoms with Gasteiger partial charge in [0.15, 0.2) is 11.8 Å². The molecule has 13 heteroatoms. The number of amides is 2. The number of nitrogens with zero attached hydrogens (tertiary/aromatic N) is 5. The van der Waals surface area contributed by atoms with Crippen molar-refractivity contribution in [3.63, 3.8) is 0 Å². The van der Waals surface area contributed by atoms with Crippen molar-refractivity contribution in [3.05, 3.63) is 119 Å². The van der Waals surface area contributed by atoms with Gasteiger partial charge in [0.05, 0.1) is 51.6 Å². The lowest BCUT2D eigenvalue weighted by atomic mass is 9.82. The Kier molecular flexibility index (Phi) is 12.8. The molecule has 0 aliphatic carbocycles. The minimum atomic E-state index is -2.48. The number of aryl methyl sites for hydroxylation is 1. The third-order valence-electron chi connectivity index (χ3n) is 13.0. The molecule has 12 nitrogen and oxygen atoms in total. The highest BCUT2D eigenvalue weighted by Crippen LogP contribution is 2.60. The van der Waals surface area contributed by atoms with Gasteiger partial charge < -0.3 is 24.2 Å². The summed E-state index contributed by atoms with van der Waals surface area (Å²) in [6.45, 7) is 15.2. The summed E-state index contributed by atoms with van der Waals surface area (Å²) >= 11 is 0. The second-order valence-electron chi connectivity index (χ2n) is 17.5. The maximum Gasteiger partial charge on any atom is 0.304 e. The molecule has 0 bridgehead atoms. The van der Waals surface area contributed by atoms with Crippen LogP contribution in [0.4, 0.5) is 11.4 Å². The summed E-state index contributed by atoms with van der Waals surface area (Å²) in [6, 6.07) is 23.7. The molecule has 0 saturated carbocycles. The van der Waals surface area contributed by atoms with Gasteiger partial charge >= 0.3 is 5.97 Å². The van der Waals surface area contributed by atoms with E-state index in [-0.39, 0.29) is 48.3 Å². The molecule has 2 unspecified atom stereocenters. The Morgan fingerprint density at radius 1 is 1.03 bits per heavy atom. The number of hydrogen-bond donors (Lipinski definition) is 1. The molecule has 6 atom stereocenters. The van der Waals surface area contributed by atoms with Crippen molar-refractivity contribution >= 4 is 42.4 Å².